The first kappa shape index (κ1) is 13.8. The fourth-order valence-corrected chi connectivity index (χ4v) is 4.21. The Morgan fingerprint density at radius 3 is 2.47 bits per heavy atom. The van der Waals surface area contributed by atoms with E-state index in [4.69, 9.17) is 4.74 Å². The summed E-state index contributed by atoms with van der Waals surface area (Å²) in [4.78, 5) is 2.78. The largest absolute Gasteiger partial charge is 0.381 e. The molecule has 1 aliphatic carbocycles. The van der Waals surface area contributed by atoms with Crippen molar-refractivity contribution >= 4 is 0 Å². The number of hydrogen-bond donors (Lipinski definition) is 1. The highest BCUT2D eigenvalue weighted by atomic mass is 16.5. The fourth-order valence-electron chi connectivity index (χ4n) is 4.21. The van der Waals surface area contributed by atoms with Crippen LogP contribution < -0.4 is 5.32 Å². The van der Waals surface area contributed by atoms with E-state index < -0.39 is 0 Å². The minimum atomic E-state index is 0.755. The molecule has 1 saturated carbocycles. The summed E-state index contributed by atoms with van der Waals surface area (Å²) >= 11 is 0. The summed E-state index contributed by atoms with van der Waals surface area (Å²) in [6.07, 6.45) is 11.1. The van der Waals surface area contributed by atoms with E-state index in [0.29, 0.717) is 0 Å². The van der Waals surface area contributed by atoms with Gasteiger partial charge < -0.3 is 10.1 Å². The number of nitrogens with zero attached hydrogens (tertiary/aromatic N) is 1. The highest BCUT2D eigenvalue weighted by molar-refractivity contribution is 4.87. The molecular formula is C16H30N2O. The van der Waals surface area contributed by atoms with Crippen molar-refractivity contribution in [2.24, 2.45) is 5.92 Å². The second kappa shape index (κ2) is 7.05. The molecule has 3 nitrogen and oxygen atoms in total. The van der Waals surface area contributed by atoms with Gasteiger partial charge in [0.1, 0.15) is 0 Å². The van der Waals surface area contributed by atoms with Crippen molar-refractivity contribution < 1.29 is 4.74 Å². The van der Waals surface area contributed by atoms with E-state index in [1.165, 1.54) is 71.0 Å². The molecule has 3 heteroatoms. The molecular weight excluding hydrogens is 236 g/mol. The van der Waals surface area contributed by atoms with Crippen LogP contribution in [0.3, 0.4) is 0 Å². The summed E-state index contributed by atoms with van der Waals surface area (Å²) in [7, 11) is 0. The van der Waals surface area contributed by atoms with Gasteiger partial charge in [-0.3, -0.25) is 4.90 Å². The Morgan fingerprint density at radius 1 is 0.895 bits per heavy atom. The molecule has 0 amide bonds. The van der Waals surface area contributed by atoms with E-state index in [0.717, 1.165) is 31.2 Å². The van der Waals surface area contributed by atoms with E-state index >= 15 is 0 Å². The topological polar surface area (TPSA) is 24.5 Å². The van der Waals surface area contributed by atoms with E-state index in [1.807, 2.05) is 0 Å². The summed E-state index contributed by atoms with van der Waals surface area (Å²) in [5, 5.41) is 3.85. The Labute approximate surface area is 118 Å². The summed E-state index contributed by atoms with van der Waals surface area (Å²) in [5.74, 6) is 0.939. The maximum absolute atomic E-state index is 5.52. The van der Waals surface area contributed by atoms with Gasteiger partial charge in [0.25, 0.3) is 0 Å². The third kappa shape index (κ3) is 3.71. The molecule has 1 unspecified atom stereocenters. The minimum Gasteiger partial charge on any atom is -0.381 e. The van der Waals surface area contributed by atoms with Gasteiger partial charge in [0.15, 0.2) is 0 Å². The van der Waals surface area contributed by atoms with Crippen LogP contribution >= 0.6 is 0 Å². The second-order valence-corrected chi connectivity index (χ2v) is 6.65. The van der Waals surface area contributed by atoms with Crippen LogP contribution in [0.5, 0.6) is 0 Å². The lowest BCUT2D eigenvalue weighted by atomic mass is 9.83. The summed E-state index contributed by atoms with van der Waals surface area (Å²) in [5.41, 5.74) is 0. The molecule has 1 N–H and O–H groups in total. The van der Waals surface area contributed by atoms with Crippen LogP contribution in [-0.2, 0) is 4.74 Å². The molecule has 2 saturated heterocycles. The quantitative estimate of drug-likeness (QED) is 0.830. The third-order valence-electron chi connectivity index (χ3n) is 5.39. The van der Waals surface area contributed by atoms with Gasteiger partial charge >= 0.3 is 0 Å². The fraction of sp³-hybridized carbons (Fsp3) is 1.00. The number of rotatable bonds is 2. The molecule has 19 heavy (non-hydrogen) atoms. The summed E-state index contributed by atoms with van der Waals surface area (Å²) < 4.78 is 5.52. The Hall–Kier alpha value is -0.120. The predicted octanol–water partition coefficient (Wildman–Crippen LogP) is 2.41. The molecule has 3 fully saturated rings. The van der Waals surface area contributed by atoms with Crippen LogP contribution in [0.4, 0.5) is 0 Å². The number of ether oxygens (including phenoxy) is 1. The van der Waals surface area contributed by atoms with Crippen molar-refractivity contribution in [2.75, 3.05) is 32.8 Å². The van der Waals surface area contributed by atoms with Gasteiger partial charge in [-0.2, -0.15) is 0 Å². The lowest BCUT2D eigenvalue weighted by molar-refractivity contribution is 0.0305. The maximum atomic E-state index is 5.52. The summed E-state index contributed by atoms with van der Waals surface area (Å²) in [6.45, 7) is 5.75. The average molecular weight is 266 g/mol. The smallest absolute Gasteiger partial charge is 0.0480 e. The van der Waals surface area contributed by atoms with Crippen molar-refractivity contribution in [2.45, 2.75) is 63.5 Å². The van der Waals surface area contributed by atoms with E-state index in [-0.39, 0.29) is 0 Å². The highest BCUT2D eigenvalue weighted by Gasteiger charge is 2.30. The van der Waals surface area contributed by atoms with Crippen molar-refractivity contribution in [3.8, 4) is 0 Å². The second-order valence-electron chi connectivity index (χ2n) is 6.65. The average Bonchev–Trinajstić information content (AvgIpc) is 2.75. The van der Waals surface area contributed by atoms with Crippen molar-refractivity contribution in [1.29, 1.82) is 0 Å². The highest BCUT2D eigenvalue weighted by Crippen LogP contribution is 2.28. The normalized spacial score (nSPS) is 33.2. The van der Waals surface area contributed by atoms with Crippen molar-refractivity contribution in [3.63, 3.8) is 0 Å². The monoisotopic (exact) mass is 266 g/mol. The lowest BCUT2D eigenvalue weighted by Crippen LogP contribution is -2.48. The van der Waals surface area contributed by atoms with Gasteiger partial charge in [-0.05, 0) is 51.1 Å². The molecule has 2 aliphatic heterocycles. The molecule has 0 spiro atoms. The molecule has 3 aliphatic rings. The molecule has 0 radical (unpaired) electrons. The van der Waals surface area contributed by atoms with Gasteiger partial charge in [0.05, 0.1) is 0 Å². The van der Waals surface area contributed by atoms with E-state index in [9.17, 15) is 0 Å². The Kier molecular flexibility index (Phi) is 5.14. The van der Waals surface area contributed by atoms with E-state index in [2.05, 4.69) is 10.2 Å². The maximum Gasteiger partial charge on any atom is 0.0480 e. The minimum absolute atomic E-state index is 0.755. The zero-order valence-electron chi connectivity index (χ0n) is 12.3. The summed E-state index contributed by atoms with van der Waals surface area (Å²) in [6, 6.07) is 1.55. The first-order valence-electron chi connectivity index (χ1n) is 8.48. The van der Waals surface area contributed by atoms with Crippen LogP contribution in [0, 0.1) is 5.92 Å². The van der Waals surface area contributed by atoms with E-state index in [1.54, 1.807) is 0 Å². The molecule has 110 valence electrons. The van der Waals surface area contributed by atoms with Crippen LogP contribution in [0.25, 0.3) is 0 Å². The van der Waals surface area contributed by atoms with Gasteiger partial charge in [-0.1, -0.05) is 19.3 Å². The lowest BCUT2D eigenvalue weighted by Gasteiger charge is -2.37. The Balaban J connectivity index is 1.58. The molecule has 0 aromatic heterocycles. The predicted molar refractivity (Wildman–Crippen MR) is 78.4 cm³/mol. The molecule has 3 rings (SSSR count). The molecule has 0 aromatic rings. The van der Waals surface area contributed by atoms with Crippen LogP contribution in [0.15, 0.2) is 0 Å². The number of hydrogen-bond acceptors (Lipinski definition) is 3. The van der Waals surface area contributed by atoms with Crippen LogP contribution in [-0.4, -0.2) is 49.8 Å². The number of nitrogens with one attached hydrogen (secondary N) is 1. The van der Waals surface area contributed by atoms with Crippen LogP contribution in [0.1, 0.15) is 51.4 Å². The molecule has 0 bridgehead atoms. The standard InChI is InChI=1S/C16H30N2O/c1-2-5-14(6-3-1)16-13-18(10-4-9-17-16)15-7-11-19-12-8-15/h14-17H,1-13H2. The van der Waals surface area contributed by atoms with Gasteiger partial charge in [-0.15, -0.1) is 0 Å². The molecule has 0 aromatic carbocycles. The molecule has 2 heterocycles. The van der Waals surface area contributed by atoms with Crippen molar-refractivity contribution in [3.05, 3.63) is 0 Å². The van der Waals surface area contributed by atoms with Crippen molar-refractivity contribution in [1.82, 2.24) is 10.2 Å². The molecule has 1 atom stereocenters. The van der Waals surface area contributed by atoms with Gasteiger partial charge in [0, 0.05) is 31.8 Å². The van der Waals surface area contributed by atoms with Gasteiger partial charge in [0.2, 0.25) is 0 Å². The Morgan fingerprint density at radius 2 is 1.68 bits per heavy atom. The first-order chi connectivity index (χ1) is 9.43. The zero-order valence-corrected chi connectivity index (χ0v) is 12.3. The van der Waals surface area contributed by atoms with Crippen LogP contribution in [0.2, 0.25) is 0 Å². The third-order valence-corrected chi connectivity index (χ3v) is 5.39. The van der Waals surface area contributed by atoms with Gasteiger partial charge in [-0.25, -0.2) is 0 Å². The zero-order chi connectivity index (χ0) is 12.9. The SMILES string of the molecule is C1CCC(C2CN(C3CCOCC3)CCCN2)CC1. The Bertz CT molecular complexity index is 233. The first-order valence-corrected chi connectivity index (χ1v) is 8.48.